The molecule has 1 aromatic carbocycles. The van der Waals surface area contributed by atoms with Gasteiger partial charge in [-0.15, -0.1) is 11.3 Å². The number of aliphatic hydroxyl groups excluding tert-OH is 1. The fourth-order valence-electron chi connectivity index (χ4n) is 5.10. The van der Waals surface area contributed by atoms with E-state index in [-0.39, 0.29) is 12.6 Å². The van der Waals surface area contributed by atoms with Gasteiger partial charge >= 0.3 is 0 Å². The van der Waals surface area contributed by atoms with Crippen LogP contribution in [-0.2, 0) is 7.05 Å². The van der Waals surface area contributed by atoms with Crippen molar-refractivity contribution >= 4 is 27.4 Å². The monoisotopic (exact) mass is 512 g/mol. The zero-order chi connectivity index (χ0) is 25.4. The number of pyridine rings is 1. The molecule has 4 aromatic heterocycles. The van der Waals surface area contributed by atoms with Crippen LogP contribution in [-0.4, -0.2) is 49.4 Å². The van der Waals surface area contributed by atoms with Gasteiger partial charge in [-0.1, -0.05) is 30.3 Å². The number of thiophene rings is 1. The van der Waals surface area contributed by atoms with Gasteiger partial charge in [0.15, 0.2) is 11.6 Å². The number of rotatable bonds is 7. The number of hydrogen-bond donors (Lipinski definition) is 2. The highest BCUT2D eigenvalue weighted by Crippen LogP contribution is 2.47. The molecule has 37 heavy (non-hydrogen) atoms. The highest BCUT2D eigenvalue weighted by Gasteiger charge is 2.28. The molecule has 0 bridgehead atoms. The SMILES string of the molecule is COc1cc(-c2sc3nc(-c4nccn4C)nc(N[C@@H]4CC[C@@H](CO)C4)c3c2-c2ccccc2)ccn1. The zero-order valence-corrected chi connectivity index (χ0v) is 21.6. The van der Waals surface area contributed by atoms with Gasteiger partial charge in [0.25, 0.3) is 0 Å². The predicted molar refractivity (Wildman–Crippen MR) is 147 cm³/mol. The molecule has 5 aromatic rings. The molecule has 2 N–H and O–H groups in total. The van der Waals surface area contributed by atoms with Crippen LogP contribution in [0.15, 0.2) is 61.1 Å². The van der Waals surface area contributed by atoms with Crippen molar-refractivity contribution in [2.45, 2.75) is 25.3 Å². The quantitative estimate of drug-likeness (QED) is 0.301. The number of fused-ring (bicyclic) bond motifs is 1. The Kier molecular flexibility index (Phi) is 6.31. The summed E-state index contributed by atoms with van der Waals surface area (Å²) >= 11 is 1.63. The number of benzene rings is 1. The van der Waals surface area contributed by atoms with E-state index in [1.165, 1.54) is 0 Å². The van der Waals surface area contributed by atoms with E-state index in [1.54, 1.807) is 30.8 Å². The van der Waals surface area contributed by atoms with Crippen LogP contribution in [0.5, 0.6) is 5.88 Å². The molecule has 1 aliphatic carbocycles. The molecule has 0 unspecified atom stereocenters. The largest absolute Gasteiger partial charge is 0.481 e. The third kappa shape index (κ3) is 4.45. The molecule has 0 spiro atoms. The molecule has 2 atom stereocenters. The molecule has 1 aliphatic rings. The molecule has 0 aliphatic heterocycles. The third-order valence-electron chi connectivity index (χ3n) is 6.98. The van der Waals surface area contributed by atoms with Crippen molar-refractivity contribution in [3.8, 4) is 39.1 Å². The molecule has 1 fully saturated rings. The summed E-state index contributed by atoms with van der Waals surface area (Å²) in [6.07, 6.45) is 8.35. The Hall–Kier alpha value is -3.82. The van der Waals surface area contributed by atoms with Crippen LogP contribution in [0.3, 0.4) is 0 Å². The highest BCUT2D eigenvalue weighted by atomic mass is 32.1. The van der Waals surface area contributed by atoms with Gasteiger partial charge in [0, 0.05) is 54.8 Å². The molecular formula is C28H28N6O2S. The van der Waals surface area contributed by atoms with Crippen molar-refractivity contribution in [3.63, 3.8) is 0 Å². The van der Waals surface area contributed by atoms with E-state index in [0.29, 0.717) is 23.4 Å². The Labute approximate surface area is 219 Å². The predicted octanol–water partition coefficient (Wildman–Crippen LogP) is 5.40. The summed E-state index contributed by atoms with van der Waals surface area (Å²) in [5.41, 5.74) is 3.19. The first-order valence-corrected chi connectivity index (χ1v) is 13.2. The second kappa shape index (κ2) is 9.91. The van der Waals surface area contributed by atoms with E-state index in [9.17, 15) is 5.11 Å². The van der Waals surface area contributed by atoms with Crippen molar-refractivity contribution in [2.24, 2.45) is 13.0 Å². The van der Waals surface area contributed by atoms with Gasteiger partial charge in [-0.25, -0.2) is 19.9 Å². The Morgan fingerprint density at radius 2 is 1.95 bits per heavy atom. The minimum Gasteiger partial charge on any atom is -0.481 e. The Bertz CT molecular complexity index is 1550. The van der Waals surface area contributed by atoms with Gasteiger partial charge in [-0.05, 0) is 42.4 Å². The van der Waals surface area contributed by atoms with E-state index in [1.807, 2.05) is 36.0 Å². The molecule has 9 heteroatoms. The first-order valence-electron chi connectivity index (χ1n) is 12.4. The number of nitrogens with one attached hydrogen (secondary N) is 1. The summed E-state index contributed by atoms with van der Waals surface area (Å²) in [6, 6.07) is 14.6. The van der Waals surface area contributed by atoms with Gasteiger partial charge in [-0.3, -0.25) is 0 Å². The van der Waals surface area contributed by atoms with Gasteiger partial charge in [0.1, 0.15) is 10.6 Å². The Morgan fingerprint density at radius 1 is 1.08 bits per heavy atom. The average molecular weight is 513 g/mol. The number of ether oxygens (including phenoxy) is 1. The summed E-state index contributed by atoms with van der Waals surface area (Å²) in [4.78, 5) is 20.9. The molecule has 1 saturated carbocycles. The first kappa shape index (κ1) is 23.6. The number of hydrogen-bond acceptors (Lipinski definition) is 8. The lowest BCUT2D eigenvalue weighted by atomic mass is 10.00. The normalized spacial score (nSPS) is 17.4. The van der Waals surface area contributed by atoms with Gasteiger partial charge in [0.2, 0.25) is 5.88 Å². The Morgan fingerprint density at radius 3 is 2.68 bits per heavy atom. The van der Waals surface area contributed by atoms with Crippen molar-refractivity contribution in [3.05, 3.63) is 61.1 Å². The van der Waals surface area contributed by atoms with Crippen molar-refractivity contribution in [2.75, 3.05) is 19.0 Å². The number of methoxy groups -OCH3 is 1. The van der Waals surface area contributed by atoms with Crippen LogP contribution in [0.4, 0.5) is 5.82 Å². The summed E-state index contributed by atoms with van der Waals surface area (Å²) < 4.78 is 7.37. The smallest absolute Gasteiger partial charge is 0.213 e. The molecule has 0 saturated heterocycles. The summed E-state index contributed by atoms with van der Waals surface area (Å²) in [6.45, 7) is 0.220. The minimum atomic E-state index is 0.220. The summed E-state index contributed by atoms with van der Waals surface area (Å²) in [5.74, 6) is 2.98. The van der Waals surface area contributed by atoms with Crippen LogP contribution in [0.1, 0.15) is 19.3 Å². The summed E-state index contributed by atoms with van der Waals surface area (Å²) in [5, 5.41) is 14.4. The minimum absolute atomic E-state index is 0.220. The highest BCUT2D eigenvalue weighted by molar-refractivity contribution is 7.22. The van der Waals surface area contributed by atoms with Crippen molar-refractivity contribution in [1.82, 2.24) is 24.5 Å². The maximum Gasteiger partial charge on any atom is 0.213 e. The lowest BCUT2D eigenvalue weighted by Crippen LogP contribution is -2.18. The number of nitrogens with zero attached hydrogens (tertiary/aromatic N) is 5. The van der Waals surface area contributed by atoms with Crippen LogP contribution in [0.25, 0.3) is 43.4 Å². The second-order valence-corrected chi connectivity index (χ2v) is 10.4. The number of aromatic nitrogens is 5. The number of aryl methyl sites for hydroxylation is 1. The number of aliphatic hydroxyl groups is 1. The molecule has 188 valence electrons. The van der Waals surface area contributed by atoms with Gasteiger partial charge in [-0.2, -0.15) is 0 Å². The average Bonchev–Trinajstić information content (AvgIpc) is 3.67. The van der Waals surface area contributed by atoms with E-state index >= 15 is 0 Å². The van der Waals surface area contributed by atoms with E-state index in [4.69, 9.17) is 14.7 Å². The molecule has 4 heterocycles. The number of imidazole rings is 1. The molecule has 6 rings (SSSR count). The van der Waals surface area contributed by atoms with Crippen LogP contribution in [0, 0.1) is 5.92 Å². The van der Waals surface area contributed by atoms with Gasteiger partial charge < -0.3 is 19.7 Å². The summed E-state index contributed by atoms with van der Waals surface area (Å²) in [7, 11) is 3.58. The topological polar surface area (TPSA) is 98.0 Å². The van der Waals surface area contributed by atoms with Crippen LogP contribution < -0.4 is 10.1 Å². The molecular weight excluding hydrogens is 484 g/mol. The molecule has 8 nitrogen and oxygen atoms in total. The van der Waals surface area contributed by atoms with E-state index in [0.717, 1.165) is 56.9 Å². The van der Waals surface area contributed by atoms with E-state index < -0.39 is 0 Å². The van der Waals surface area contributed by atoms with Crippen molar-refractivity contribution < 1.29 is 9.84 Å². The molecule has 0 amide bonds. The Balaban J connectivity index is 1.61. The zero-order valence-electron chi connectivity index (χ0n) is 20.8. The van der Waals surface area contributed by atoms with Gasteiger partial charge in [0.05, 0.1) is 12.5 Å². The lowest BCUT2D eigenvalue weighted by Gasteiger charge is -2.16. The van der Waals surface area contributed by atoms with Crippen molar-refractivity contribution in [1.29, 1.82) is 0 Å². The van der Waals surface area contributed by atoms with E-state index in [2.05, 4.69) is 39.6 Å². The maximum absolute atomic E-state index is 9.71. The standard InChI is InChI=1S/C28H28N6O2S/c1-34-13-12-30-27(34)26-32-25(31-20-9-8-17(14-20)16-35)23-22(18-6-4-3-5-7-18)24(37-28(23)33-26)19-10-11-29-21(15-19)36-2/h3-7,10-13,15,17,20,35H,8-9,14,16H2,1-2H3,(H,31,32,33)/t17-,20-/m1/s1. The number of anilines is 1. The first-order chi connectivity index (χ1) is 18.1. The molecule has 0 radical (unpaired) electrons. The van der Waals surface area contributed by atoms with Crippen LogP contribution >= 0.6 is 11.3 Å². The third-order valence-corrected chi connectivity index (χ3v) is 8.11. The second-order valence-electron chi connectivity index (χ2n) is 9.40. The van der Waals surface area contributed by atoms with Crippen LogP contribution in [0.2, 0.25) is 0 Å². The maximum atomic E-state index is 9.71. The lowest BCUT2D eigenvalue weighted by molar-refractivity contribution is 0.229. The fraction of sp³-hybridized carbons (Fsp3) is 0.286. The fourth-order valence-corrected chi connectivity index (χ4v) is 6.29.